The van der Waals surface area contributed by atoms with Gasteiger partial charge < -0.3 is 14.5 Å². The van der Waals surface area contributed by atoms with Gasteiger partial charge in [0.25, 0.3) is 0 Å². The average Bonchev–Trinajstić information content (AvgIpc) is 2.88. The maximum Gasteiger partial charge on any atom is 0.351 e. The fourth-order valence-electron chi connectivity index (χ4n) is 3.47. The molecule has 2 atom stereocenters. The molecule has 3 rings (SSSR count). The number of hydrogen-bond donors (Lipinski definition) is 0. The van der Waals surface area contributed by atoms with Crippen LogP contribution in [0.1, 0.15) is 28.9 Å². The van der Waals surface area contributed by atoms with Crippen molar-refractivity contribution in [3.63, 3.8) is 0 Å². The van der Waals surface area contributed by atoms with Gasteiger partial charge in [-0.25, -0.2) is 9.78 Å². The zero-order valence-corrected chi connectivity index (χ0v) is 13.9. The fraction of sp³-hybridized carbons (Fsp3) is 0.714. The van der Waals surface area contributed by atoms with E-state index in [-0.39, 0.29) is 5.15 Å². The second kappa shape index (κ2) is 6.10. The molecule has 0 bridgehead atoms. The molecule has 1 aromatic heterocycles. The lowest BCUT2D eigenvalue weighted by Gasteiger charge is -2.45. The van der Waals surface area contributed by atoms with Crippen LogP contribution in [0.5, 0.6) is 0 Å². The quantitative estimate of drug-likeness (QED) is 0.780. The number of carbonyl (C=O) groups is 1. The molecular weight excluding hydrogens is 310 g/mol. The number of halogens is 1. The van der Waals surface area contributed by atoms with Crippen molar-refractivity contribution in [1.29, 1.82) is 0 Å². The maximum absolute atomic E-state index is 11.6. The van der Waals surface area contributed by atoms with Gasteiger partial charge in [-0.2, -0.15) is 0 Å². The van der Waals surface area contributed by atoms with Gasteiger partial charge in [0.15, 0.2) is 15.2 Å². The Morgan fingerprint density at radius 1 is 1.43 bits per heavy atom. The minimum atomic E-state index is -0.406. The lowest BCUT2D eigenvalue weighted by atomic mass is 9.84. The molecule has 21 heavy (non-hydrogen) atoms. The number of methoxy groups -OCH3 is 1. The number of anilines is 1. The molecule has 2 saturated heterocycles. The Hall–Kier alpha value is -0.850. The van der Waals surface area contributed by atoms with Gasteiger partial charge in [-0.1, -0.05) is 22.9 Å². The average molecular weight is 330 g/mol. The normalized spacial score (nSPS) is 26.5. The van der Waals surface area contributed by atoms with Crippen LogP contribution in [0, 0.1) is 5.92 Å². The number of fused-ring (bicyclic) bond motifs is 1. The first-order chi connectivity index (χ1) is 10.1. The summed E-state index contributed by atoms with van der Waals surface area (Å²) < 4.78 is 4.74. The van der Waals surface area contributed by atoms with Crippen molar-refractivity contribution in [3.8, 4) is 0 Å². The first kappa shape index (κ1) is 15.1. The molecule has 0 aromatic carbocycles. The topological polar surface area (TPSA) is 45.7 Å². The molecule has 2 aliphatic heterocycles. The molecule has 0 spiro atoms. The number of likely N-dealkylation sites (tertiary alicyclic amines) is 1. The van der Waals surface area contributed by atoms with Crippen LogP contribution in [0.25, 0.3) is 0 Å². The second-order valence-corrected chi connectivity index (χ2v) is 7.13. The number of carbonyl (C=O) groups excluding carboxylic acids is 1. The summed E-state index contributed by atoms with van der Waals surface area (Å²) in [7, 11) is 3.59. The van der Waals surface area contributed by atoms with Crippen LogP contribution in [-0.4, -0.2) is 55.7 Å². The van der Waals surface area contributed by atoms with Crippen molar-refractivity contribution in [2.75, 3.05) is 38.7 Å². The summed E-state index contributed by atoms with van der Waals surface area (Å²) in [6, 6.07) is 0.686. The van der Waals surface area contributed by atoms with E-state index < -0.39 is 5.97 Å². The van der Waals surface area contributed by atoms with Gasteiger partial charge in [-0.15, -0.1) is 0 Å². The van der Waals surface area contributed by atoms with Gasteiger partial charge in [0, 0.05) is 19.1 Å². The highest BCUT2D eigenvalue weighted by Crippen LogP contribution is 2.35. The van der Waals surface area contributed by atoms with Gasteiger partial charge in [-0.05, 0) is 38.8 Å². The van der Waals surface area contributed by atoms with E-state index in [0.29, 0.717) is 16.8 Å². The molecule has 0 saturated carbocycles. The summed E-state index contributed by atoms with van der Waals surface area (Å²) >= 11 is 7.40. The lowest BCUT2D eigenvalue weighted by molar-refractivity contribution is 0.0606. The van der Waals surface area contributed by atoms with Crippen molar-refractivity contribution in [2.45, 2.75) is 25.3 Å². The second-order valence-electron chi connectivity index (χ2n) is 5.79. The van der Waals surface area contributed by atoms with Crippen molar-refractivity contribution in [1.82, 2.24) is 9.88 Å². The van der Waals surface area contributed by atoms with Crippen LogP contribution in [0.3, 0.4) is 0 Å². The first-order valence-corrected chi connectivity index (χ1v) is 8.49. The lowest BCUT2D eigenvalue weighted by Crippen LogP contribution is -2.52. The highest BCUT2D eigenvalue weighted by molar-refractivity contribution is 7.18. The molecule has 2 unspecified atom stereocenters. The summed E-state index contributed by atoms with van der Waals surface area (Å²) in [6.07, 6.45) is 3.68. The maximum atomic E-state index is 11.6. The Kier molecular flexibility index (Phi) is 4.38. The molecule has 7 heteroatoms. The number of esters is 1. The number of ether oxygens (including phenoxy) is 1. The van der Waals surface area contributed by atoms with Crippen molar-refractivity contribution < 1.29 is 9.53 Å². The number of rotatable bonds is 2. The van der Waals surface area contributed by atoms with Crippen molar-refractivity contribution >= 4 is 34.0 Å². The summed E-state index contributed by atoms with van der Waals surface area (Å²) in [6.45, 7) is 3.17. The van der Waals surface area contributed by atoms with E-state index >= 15 is 0 Å². The molecular formula is C14H20ClN3O2S. The van der Waals surface area contributed by atoms with Gasteiger partial charge in [-0.3, -0.25) is 0 Å². The number of thiazole rings is 1. The van der Waals surface area contributed by atoms with E-state index in [1.165, 1.54) is 37.8 Å². The van der Waals surface area contributed by atoms with E-state index in [1.807, 2.05) is 0 Å². The Bertz CT molecular complexity index is 536. The smallest absolute Gasteiger partial charge is 0.351 e. The van der Waals surface area contributed by atoms with E-state index in [2.05, 4.69) is 21.8 Å². The molecule has 3 heterocycles. The summed E-state index contributed by atoms with van der Waals surface area (Å²) in [5.41, 5.74) is 0. The van der Waals surface area contributed by atoms with Crippen LogP contribution < -0.4 is 4.90 Å². The van der Waals surface area contributed by atoms with Gasteiger partial charge in [0.2, 0.25) is 0 Å². The highest BCUT2D eigenvalue weighted by atomic mass is 35.5. The Balaban J connectivity index is 1.75. The van der Waals surface area contributed by atoms with Crippen LogP contribution >= 0.6 is 22.9 Å². The first-order valence-electron chi connectivity index (χ1n) is 7.30. The van der Waals surface area contributed by atoms with E-state index in [0.717, 1.165) is 24.6 Å². The highest BCUT2D eigenvalue weighted by Gasteiger charge is 2.35. The number of piperidine rings is 2. The van der Waals surface area contributed by atoms with Gasteiger partial charge in [0.1, 0.15) is 0 Å². The SMILES string of the molecule is COC(=O)c1sc(N2CCC3C(CCCN3C)C2)nc1Cl. The zero-order chi connectivity index (χ0) is 15.0. The van der Waals surface area contributed by atoms with Gasteiger partial charge >= 0.3 is 5.97 Å². The largest absolute Gasteiger partial charge is 0.465 e. The molecule has 2 fully saturated rings. The third kappa shape index (κ3) is 2.89. The Morgan fingerprint density at radius 3 is 3.00 bits per heavy atom. The standard InChI is InChI=1S/C14H20ClN3O2S/c1-17-6-3-4-9-8-18(7-5-10(9)17)14-16-12(15)11(21-14)13(19)20-2/h9-10H,3-8H2,1-2H3. The van der Waals surface area contributed by atoms with Crippen molar-refractivity contribution in [3.05, 3.63) is 10.0 Å². The van der Waals surface area contributed by atoms with E-state index in [9.17, 15) is 4.79 Å². The summed E-state index contributed by atoms with van der Waals surface area (Å²) in [5, 5.41) is 1.09. The minimum Gasteiger partial charge on any atom is -0.465 e. The van der Waals surface area contributed by atoms with Crippen molar-refractivity contribution in [2.24, 2.45) is 5.92 Å². The molecule has 1 aromatic rings. The molecule has 0 amide bonds. The predicted molar refractivity (Wildman–Crippen MR) is 84.4 cm³/mol. The molecule has 0 radical (unpaired) electrons. The van der Waals surface area contributed by atoms with Crippen LogP contribution in [0.4, 0.5) is 5.13 Å². The molecule has 5 nitrogen and oxygen atoms in total. The number of aromatic nitrogens is 1. The van der Waals surface area contributed by atoms with Gasteiger partial charge in [0.05, 0.1) is 7.11 Å². The van der Waals surface area contributed by atoms with Crippen LogP contribution in [0.15, 0.2) is 0 Å². The Labute approximate surface area is 133 Å². The molecule has 0 N–H and O–H groups in total. The van der Waals surface area contributed by atoms with E-state index in [4.69, 9.17) is 16.3 Å². The molecule has 0 aliphatic carbocycles. The summed E-state index contributed by atoms with van der Waals surface area (Å²) in [5.74, 6) is 0.276. The van der Waals surface area contributed by atoms with Crippen LogP contribution in [-0.2, 0) is 4.74 Å². The third-order valence-electron chi connectivity index (χ3n) is 4.56. The predicted octanol–water partition coefficient (Wildman–Crippen LogP) is 2.50. The third-order valence-corrected chi connectivity index (χ3v) is 6.04. The fourth-order valence-corrected chi connectivity index (χ4v) is 4.71. The Morgan fingerprint density at radius 2 is 2.24 bits per heavy atom. The van der Waals surface area contributed by atoms with Crippen LogP contribution in [0.2, 0.25) is 5.15 Å². The van der Waals surface area contributed by atoms with E-state index in [1.54, 1.807) is 0 Å². The number of nitrogens with zero attached hydrogens (tertiary/aromatic N) is 3. The number of hydrogen-bond acceptors (Lipinski definition) is 6. The molecule has 116 valence electrons. The monoisotopic (exact) mass is 329 g/mol. The molecule has 2 aliphatic rings. The minimum absolute atomic E-state index is 0.254. The summed E-state index contributed by atoms with van der Waals surface area (Å²) in [4.78, 5) is 21.1. The zero-order valence-electron chi connectivity index (χ0n) is 12.3.